The van der Waals surface area contributed by atoms with Gasteiger partial charge in [-0.05, 0) is 37.5 Å². The van der Waals surface area contributed by atoms with E-state index in [9.17, 15) is 19.2 Å². The first kappa shape index (κ1) is 25.5. The molecule has 0 saturated heterocycles. The molecule has 186 valence electrons. The van der Waals surface area contributed by atoms with Gasteiger partial charge >= 0.3 is 5.97 Å². The van der Waals surface area contributed by atoms with Crippen LogP contribution in [0.3, 0.4) is 0 Å². The first-order valence-electron chi connectivity index (χ1n) is 11.2. The molecule has 0 heterocycles. The first-order valence-corrected chi connectivity index (χ1v) is 11.2. The largest absolute Gasteiger partial charge is 0.493 e. The molecule has 0 radical (unpaired) electrons. The predicted molar refractivity (Wildman–Crippen MR) is 129 cm³/mol. The third-order valence-corrected chi connectivity index (χ3v) is 5.53. The Bertz CT molecular complexity index is 1130. The van der Waals surface area contributed by atoms with Crippen LogP contribution in [0.25, 0.3) is 0 Å². The Morgan fingerprint density at radius 2 is 1.69 bits per heavy atom. The van der Waals surface area contributed by atoms with Crippen LogP contribution in [0.1, 0.15) is 41.0 Å². The molecule has 1 aliphatic carbocycles. The lowest BCUT2D eigenvalue weighted by Crippen LogP contribution is -2.24. The highest BCUT2D eigenvalue weighted by Gasteiger charge is 2.39. The summed E-state index contributed by atoms with van der Waals surface area (Å²) in [5.74, 6) is -1.13. The van der Waals surface area contributed by atoms with Crippen molar-refractivity contribution in [1.29, 1.82) is 0 Å². The summed E-state index contributed by atoms with van der Waals surface area (Å²) in [6, 6.07) is 9.25. The van der Waals surface area contributed by atoms with Gasteiger partial charge in [0, 0.05) is 35.8 Å². The third kappa shape index (κ3) is 6.50. The van der Waals surface area contributed by atoms with Crippen molar-refractivity contribution in [3.8, 4) is 11.5 Å². The number of anilines is 2. The zero-order valence-corrected chi connectivity index (χ0v) is 20.1. The van der Waals surface area contributed by atoms with E-state index in [2.05, 4.69) is 16.0 Å². The van der Waals surface area contributed by atoms with E-state index in [1.807, 2.05) is 6.92 Å². The van der Waals surface area contributed by atoms with Crippen molar-refractivity contribution in [3.05, 3.63) is 47.5 Å². The van der Waals surface area contributed by atoms with E-state index in [1.54, 1.807) is 25.1 Å². The number of esters is 1. The quantitative estimate of drug-likeness (QED) is 0.443. The van der Waals surface area contributed by atoms with Crippen molar-refractivity contribution in [3.63, 3.8) is 0 Å². The minimum atomic E-state index is -0.823. The number of carbonyl (C=O) groups excluding carboxylic acids is 4. The summed E-state index contributed by atoms with van der Waals surface area (Å²) >= 11 is 0. The van der Waals surface area contributed by atoms with Gasteiger partial charge in [-0.1, -0.05) is 13.0 Å². The van der Waals surface area contributed by atoms with Crippen LogP contribution in [0.5, 0.6) is 11.5 Å². The Morgan fingerprint density at radius 3 is 2.31 bits per heavy atom. The standard InChI is InChI=1S/C25H29N3O7/c1-5-26-23(30)15-7-6-8-16(10-15)27-22(29)13-35-25(32)18-11-20(33-3)21(34-4)12-19(18)28-24(31)17-9-14(17)2/h6-8,10-12,14,17H,5,9,13H2,1-4H3,(H,26,30)(H,27,29)(H,28,31). The predicted octanol–water partition coefficient (Wildman–Crippen LogP) is 2.84. The van der Waals surface area contributed by atoms with Crippen LogP contribution in [0, 0.1) is 11.8 Å². The fourth-order valence-corrected chi connectivity index (χ4v) is 3.47. The Morgan fingerprint density at radius 1 is 1.00 bits per heavy atom. The molecule has 3 rings (SSSR count). The molecule has 3 amide bonds. The molecule has 2 atom stereocenters. The lowest BCUT2D eigenvalue weighted by Gasteiger charge is -2.15. The monoisotopic (exact) mass is 483 g/mol. The molecular formula is C25H29N3O7. The van der Waals surface area contributed by atoms with Gasteiger partial charge in [0.1, 0.15) is 0 Å². The number of nitrogens with one attached hydrogen (secondary N) is 3. The van der Waals surface area contributed by atoms with Gasteiger partial charge in [0.25, 0.3) is 11.8 Å². The molecule has 10 nitrogen and oxygen atoms in total. The van der Waals surface area contributed by atoms with Crippen molar-refractivity contribution in [2.45, 2.75) is 20.3 Å². The maximum atomic E-state index is 12.8. The highest BCUT2D eigenvalue weighted by molar-refractivity contribution is 6.04. The summed E-state index contributed by atoms with van der Waals surface area (Å²) in [5, 5.41) is 8.02. The Hall–Kier alpha value is -4.08. The van der Waals surface area contributed by atoms with Gasteiger partial charge in [0.2, 0.25) is 5.91 Å². The van der Waals surface area contributed by atoms with Crippen LogP contribution in [-0.2, 0) is 14.3 Å². The first-order chi connectivity index (χ1) is 16.8. The van der Waals surface area contributed by atoms with E-state index >= 15 is 0 Å². The van der Waals surface area contributed by atoms with Crippen molar-refractivity contribution in [2.24, 2.45) is 11.8 Å². The van der Waals surface area contributed by atoms with E-state index in [0.717, 1.165) is 6.42 Å². The normalized spacial score (nSPS) is 16.0. The number of carbonyl (C=O) groups is 4. The second-order valence-electron chi connectivity index (χ2n) is 8.13. The summed E-state index contributed by atoms with van der Waals surface area (Å²) < 4.78 is 15.7. The molecule has 3 N–H and O–H groups in total. The molecule has 1 saturated carbocycles. The maximum Gasteiger partial charge on any atom is 0.340 e. The van der Waals surface area contributed by atoms with Gasteiger partial charge in [-0.15, -0.1) is 0 Å². The molecule has 10 heteroatoms. The molecule has 2 aromatic carbocycles. The number of amides is 3. The molecule has 0 spiro atoms. The number of hydrogen-bond donors (Lipinski definition) is 3. The van der Waals surface area contributed by atoms with Crippen LogP contribution in [0.2, 0.25) is 0 Å². The summed E-state index contributed by atoms with van der Waals surface area (Å²) in [6.07, 6.45) is 0.778. The minimum absolute atomic E-state index is 0.0235. The summed E-state index contributed by atoms with van der Waals surface area (Å²) in [5.41, 5.74) is 0.992. The molecule has 1 fully saturated rings. The highest BCUT2D eigenvalue weighted by atomic mass is 16.5. The van der Waals surface area contributed by atoms with Crippen molar-refractivity contribution < 1.29 is 33.4 Å². The topological polar surface area (TPSA) is 132 Å². The van der Waals surface area contributed by atoms with Gasteiger partial charge in [-0.25, -0.2) is 4.79 Å². The van der Waals surface area contributed by atoms with Gasteiger partial charge in [0.15, 0.2) is 18.1 Å². The average Bonchev–Trinajstić information content (AvgIpc) is 3.59. The lowest BCUT2D eigenvalue weighted by atomic mass is 10.1. The van der Waals surface area contributed by atoms with Crippen molar-refractivity contribution in [2.75, 3.05) is 38.0 Å². The third-order valence-electron chi connectivity index (χ3n) is 5.53. The number of benzene rings is 2. The smallest absolute Gasteiger partial charge is 0.340 e. The Labute approximate surface area is 203 Å². The number of rotatable bonds is 10. The zero-order valence-electron chi connectivity index (χ0n) is 20.1. The van der Waals surface area contributed by atoms with Gasteiger partial charge in [-0.3, -0.25) is 14.4 Å². The SMILES string of the molecule is CCNC(=O)c1cccc(NC(=O)COC(=O)c2cc(OC)c(OC)cc2NC(=O)C2CC2C)c1. The minimum Gasteiger partial charge on any atom is -0.493 e. The molecule has 2 aromatic rings. The van der Waals surface area contributed by atoms with Crippen LogP contribution in [0.15, 0.2) is 36.4 Å². The highest BCUT2D eigenvalue weighted by Crippen LogP contribution is 2.40. The van der Waals surface area contributed by atoms with E-state index in [1.165, 1.54) is 32.4 Å². The zero-order chi connectivity index (χ0) is 25.5. The number of hydrogen-bond acceptors (Lipinski definition) is 7. The molecule has 2 unspecified atom stereocenters. The molecule has 1 aliphatic rings. The molecular weight excluding hydrogens is 454 g/mol. The molecule has 35 heavy (non-hydrogen) atoms. The summed E-state index contributed by atoms with van der Waals surface area (Å²) in [7, 11) is 2.86. The van der Waals surface area contributed by atoms with Crippen LogP contribution in [0.4, 0.5) is 11.4 Å². The van der Waals surface area contributed by atoms with Crippen LogP contribution >= 0.6 is 0 Å². The van der Waals surface area contributed by atoms with Gasteiger partial charge in [0.05, 0.1) is 25.5 Å². The Kier molecular flexibility index (Phi) is 8.30. The molecule has 0 bridgehead atoms. The lowest BCUT2D eigenvalue weighted by molar-refractivity contribution is -0.119. The summed E-state index contributed by atoms with van der Waals surface area (Å²) in [6.45, 7) is 3.67. The van der Waals surface area contributed by atoms with E-state index in [-0.39, 0.29) is 40.7 Å². The van der Waals surface area contributed by atoms with Gasteiger partial charge < -0.3 is 30.2 Å². The molecule has 0 aliphatic heterocycles. The second kappa shape index (κ2) is 11.4. The fraction of sp³-hybridized carbons (Fsp3) is 0.360. The van der Waals surface area contributed by atoms with E-state index in [4.69, 9.17) is 14.2 Å². The van der Waals surface area contributed by atoms with Crippen molar-refractivity contribution >= 4 is 35.1 Å². The van der Waals surface area contributed by atoms with E-state index < -0.39 is 18.5 Å². The van der Waals surface area contributed by atoms with E-state index in [0.29, 0.717) is 23.5 Å². The maximum absolute atomic E-state index is 12.8. The number of methoxy groups -OCH3 is 2. The average molecular weight is 484 g/mol. The van der Waals surface area contributed by atoms with Crippen molar-refractivity contribution in [1.82, 2.24) is 5.32 Å². The summed E-state index contributed by atoms with van der Waals surface area (Å²) in [4.78, 5) is 49.7. The molecule has 0 aromatic heterocycles. The van der Waals surface area contributed by atoms with Crippen LogP contribution in [-0.4, -0.2) is 51.1 Å². The van der Waals surface area contributed by atoms with Crippen LogP contribution < -0.4 is 25.4 Å². The second-order valence-corrected chi connectivity index (χ2v) is 8.13. The fourth-order valence-electron chi connectivity index (χ4n) is 3.47. The number of ether oxygens (including phenoxy) is 3. The van der Waals surface area contributed by atoms with Gasteiger partial charge in [-0.2, -0.15) is 0 Å². The Balaban J connectivity index is 1.69.